The standard InChI is InChI=1S/C18H21N5O3/c1-11-14(16(24)21-13-6-4-12(19)5-7-13)15-17(26-11)20-10-23(18(15)25)9-8-22(2)3/h4-7,10H,8-9,19H2,1-3H3,(H,21,24). The maximum atomic E-state index is 12.8. The molecule has 0 fully saturated rings. The van der Waals surface area contributed by atoms with Crippen LogP contribution in [0.2, 0.25) is 0 Å². The molecule has 0 unspecified atom stereocenters. The monoisotopic (exact) mass is 355 g/mol. The van der Waals surface area contributed by atoms with Crippen molar-refractivity contribution in [2.45, 2.75) is 13.5 Å². The van der Waals surface area contributed by atoms with Gasteiger partial charge in [-0.2, -0.15) is 0 Å². The van der Waals surface area contributed by atoms with Crippen molar-refractivity contribution < 1.29 is 9.21 Å². The van der Waals surface area contributed by atoms with Gasteiger partial charge in [-0.05, 0) is 45.3 Å². The minimum absolute atomic E-state index is 0.163. The van der Waals surface area contributed by atoms with Gasteiger partial charge in [0.2, 0.25) is 5.71 Å². The number of carbonyl (C=O) groups excluding carboxylic acids is 1. The number of fused-ring (bicyclic) bond motifs is 1. The van der Waals surface area contributed by atoms with Crippen molar-refractivity contribution in [3.8, 4) is 0 Å². The van der Waals surface area contributed by atoms with Crippen LogP contribution in [0.5, 0.6) is 0 Å². The Hall–Kier alpha value is -3.13. The summed E-state index contributed by atoms with van der Waals surface area (Å²) in [5.41, 5.74) is 6.90. The molecular weight excluding hydrogens is 334 g/mol. The van der Waals surface area contributed by atoms with E-state index in [2.05, 4.69) is 10.3 Å². The molecule has 2 heterocycles. The molecule has 26 heavy (non-hydrogen) atoms. The van der Waals surface area contributed by atoms with Crippen molar-refractivity contribution >= 4 is 28.4 Å². The molecule has 1 amide bonds. The third-order valence-corrected chi connectivity index (χ3v) is 4.04. The van der Waals surface area contributed by atoms with Crippen LogP contribution in [0, 0.1) is 6.92 Å². The van der Waals surface area contributed by atoms with Crippen LogP contribution in [0.4, 0.5) is 11.4 Å². The Bertz CT molecular complexity index is 1000. The average Bonchev–Trinajstić information content (AvgIpc) is 2.93. The van der Waals surface area contributed by atoms with Crippen molar-refractivity contribution in [3.63, 3.8) is 0 Å². The van der Waals surface area contributed by atoms with Gasteiger partial charge in [-0.1, -0.05) is 0 Å². The van der Waals surface area contributed by atoms with E-state index in [0.717, 1.165) is 0 Å². The quantitative estimate of drug-likeness (QED) is 0.675. The Kier molecular flexibility index (Phi) is 4.77. The molecule has 0 aliphatic rings. The molecule has 0 saturated carbocycles. The number of furan rings is 1. The highest BCUT2D eigenvalue weighted by atomic mass is 16.3. The van der Waals surface area contributed by atoms with Gasteiger partial charge in [-0.3, -0.25) is 14.2 Å². The summed E-state index contributed by atoms with van der Waals surface area (Å²) in [5.74, 6) is -0.0711. The molecule has 1 aromatic carbocycles. The predicted molar refractivity (Wildman–Crippen MR) is 100 cm³/mol. The van der Waals surface area contributed by atoms with Gasteiger partial charge in [-0.15, -0.1) is 0 Å². The number of nitrogens with zero attached hydrogens (tertiary/aromatic N) is 3. The first-order valence-electron chi connectivity index (χ1n) is 8.17. The number of nitrogen functional groups attached to an aromatic ring is 1. The zero-order chi connectivity index (χ0) is 18.8. The molecule has 8 nitrogen and oxygen atoms in total. The lowest BCUT2D eigenvalue weighted by atomic mass is 10.1. The van der Waals surface area contributed by atoms with Crippen LogP contribution >= 0.6 is 0 Å². The molecule has 0 bridgehead atoms. The van der Waals surface area contributed by atoms with Gasteiger partial charge in [0, 0.05) is 24.5 Å². The summed E-state index contributed by atoms with van der Waals surface area (Å²) >= 11 is 0. The molecule has 136 valence electrons. The molecule has 0 radical (unpaired) electrons. The molecule has 0 aliphatic carbocycles. The Labute approximate surface area is 150 Å². The summed E-state index contributed by atoms with van der Waals surface area (Å²) in [7, 11) is 3.84. The maximum absolute atomic E-state index is 12.8. The summed E-state index contributed by atoms with van der Waals surface area (Å²) in [6, 6.07) is 6.76. The first-order chi connectivity index (χ1) is 12.4. The molecule has 8 heteroatoms. The zero-order valence-electron chi connectivity index (χ0n) is 14.9. The fourth-order valence-electron chi connectivity index (χ4n) is 2.64. The summed E-state index contributed by atoms with van der Waals surface area (Å²) in [5, 5.41) is 2.95. The number of likely N-dealkylation sites (N-methyl/N-ethyl adjacent to an activating group) is 1. The highest BCUT2D eigenvalue weighted by molar-refractivity contribution is 6.12. The summed E-state index contributed by atoms with van der Waals surface area (Å²) < 4.78 is 7.01. The van der Waals surface area contributed by atoms with Crippen LogP contribution in [-0.4, -0.2) is 41.0 Å². The van der Waals surface area contributed by atoms with Crippen molar-refractivity contribution in [2.75, 3.05) is 31.7 Å². The van der Waals surface area contributed by atoms with Gasteiger partial charge >= 0.3 is 0 Å². The third-order valence-electron chi connectivity index (χ3n) is 4.04. The number of anilines is 2. The first kappa shape index (κ1) is 17.7. The smallest absolute Gasteiger partial charge is 0.265 e. The number of rotatable bonds is 5. The Morgan fingerprint density at radius 1 is 1.31 bits per heavy atom. The van der Waals surface area contributed by atoms with E-state index < -0.39 is 5.91 Å². The Balaban J connectivity index is 2.00. The van der Waals surface area contributed by atoms with Crippen LogP contribution < -0.4 is 16.6 Å². The largest absolute Gasteiger partial charge is 0.442 e. The van der Waals surface area contributed by atoms with Gasteiger partial charge < -0.3 is 20.4 Å². The molecule has 0 saturated heterocycles. The van der Waals surface area contributed by atoms with Gasteiger partial charge in [0.25, 0.3) is 11.5 Å². The second-order valence-corrected chi connectivity index (χ2v) is 6.34. The molecule has 3 aromatic rings. The topological polar surface area (TPSA) is 106 Å². The van der Waals surface area contributed by atoms with E-state index in [0.29, 0.717) is 30.2 Å². The fourth-order valence-corrected chi connectivity index (χ4v) is 2.64. The van der Waals surface area contributed by atoms with E-state index in [4.69, 9.17) is 10.2 Å². The lowest BCUT2D eigenvalue weighted by Crippen LogP contribution is -2.27. The number of nitrogens with two attached hydrogens (primary N) is 1. The second kappa shape index (κ2) is 7.01. The van der Waals surface area contributed by atoms with Crippen LogP contribution in [0.1, 0.15) is 16.1 Å². The zero-order valence-corrected chi connectivity index (χ0v) is 14.9. The highest BCUT2D eigenvalue weighted by Crippen LogP contribution is 2.22. The molecule has 3 N–H and O–H groups in total. The first-order valence-corrected chi connectivity index (χ1v) is 8.17. The van der Waals surface area contributed by atoms with Crippen molar-refractivity contribution in [1.29, 1.82) is 0 Å². The summed E-state index contributed by atoms with van der Waals surface area (Å²) in [6.07, 6.45) is 1.44. The van der Waals surface area contributed by atoms with Crippen molar-refractivity contribution in [3.05, 3.63) is 52.3 Å². The molecule has 0 aliphatic heterocycles. The number of aryl methyl sites for hydroxylation is 1. The van der Waals surface area contributed by atoms with Crippen LogP contribution in [-0.2, 0) is 6.54 Å². The average molecular weight is 355 g/mol. The highest BCUT2D eigenvalue weighted by Gasteiger charge is 2.23. The molecule has 0 spiro atoms. The van der Waals surface area contributed by atoms with Crippen molar-refractivity contribution in [1.82, 2.24) is 14.5 Å². The number of hydrogen-bond donors (Lipinski definition) is 2. The number of amides is 1. The number of nitrogens with one attached hydrogen (secondary N) is 1. The van der Waals surface area contributed by atoms with Crippen molar-refractivity contribution in [2.24, 2.45) is 0 Å². The summed E-state index contributed by atoms with van der Waals surface area (Å²) in [6.45, 7) is 2.79. The predicted octanol–water partition coefficient (Wildman–Crippen LogP) is 1.69. The lowest BCUT2D eigenvalue weighted by Gasteiger charge is -2.10. The Morgan fingerprint density at radius 3 is 2.65 bits per heavy atom. The lowest BCUT2D eigenvalue weighted by molar-refractivity contribution is 0.102. The third kappa shape index (κ3) is 3.45. The van der Waals surface area contributed by atoms with E-state index in [1.165, 1.54) is 10.9 Å². The number of benzene rings is 1. The molecule has 3 rings (SSSR count). The second-order valence-electron chi connectivity index (χ2n) is 6.34. The summed E-state index contributed by atoms with van der Waals surface area (Å²) in [4.78, 5) is 31.7. The SMILES string of the molecule is Cc1oc2ncn(CCN(C)C)c(=O)c2c1C(=O)Nc1ccc(N)cc1. The van der Waals surface area contributed by atoms with Gasteiger partial charge in [0.05, 0.1) is 5.56 Å². The van der Waals surface area contributed by atoms with Gasteiger partial charge in [0.15, 0.2) is 0 Å². The van der Waals surface area contributed by atoms with Crippen LogP contribution in [0.25, 0.3) is 11.1 Å². The fraction of sp³-hybridized carbons (Fsp3) is 0.278. The normalized spacial score (nSPS) is 11.2. The van der Waals surface area contributed by atoms with E-state index >= 15 is 0 Å². The number of hydrogen-bond acceptors (Lipinski definition) is 6. The van der Waals surface area contributed by atoms with E-state index in [9.17, 15) is 9.59 Å². The minimum atomic E-state index is -0.421. The van der Waals surface area contributed by atoms with E-state index in [-0.39, 0.29) is 22.2 Å². The van der Waals surface area contributed by atoms with Gasteiger partial charge in [-0.25, -0.2) is 4.98 Å². The van der Waals surface area contributed by atoms with E-state index in [1.54, 1.807) is 31.2 Å². The minimum Gasteiger partial charge on any atom is -0.442 e. The number of carbonyl (C=O) groups is 1. The molecule has 0 atom stereocenters. The molecule has 2 aromatic heterocycles. The van der Waals surface area contributed by atoms with Gasteiger partial charge in [0.1, 0.15) is 17.5 Å². The van der Waals surface area contributed by atoms with Crippen LogP contribution in [0.3, 0.4) is 0 Å². The van der Waals surface area contributed by atoms with Crippen LogP contribution in [0.15, 0.2) is 39.8 Å². The molecular formula is C18H21N5O3. The maximum Gasteiger partial charge on any atom is 0.265 e. The van der Waals surface area contributed by atoms with E-state index in [1.807, 2.05) is 19.0 Å². The Morgan fingerprint density at radius 2 is 2.00 bits per heavy atom. The number of aromatic nitrogens is 2.